The Morgan fingerprint density at radius 2 is 2.17 bits per heavy atom. The van der Waals surface area contributed by atoms with Gasteiger partial charge in [-0.2, -0.15) is 0 Å². The number of rotatable bonds is 4. The standard InChI is InChI=1S/C15H21NO2/c1-3-14(17)18-15(12-7-5-4-6-8-12)13-9-10-16(2)11-13/h4-8,13,15H,3,9-11H2,1-2H3/t13-,15+/m0/s1. The van der Waals surface area contributed by atoms with Crippen LogP contribution in [0.15, 0.2) is 30.3 Å². The van der Waals surface area contributed by atoms with Gasteiger partial charge < -0.3 is 9.64 Å². The summed E-state index contributed by atoms with van der Waals surface area (Å²) >= 11 is 0. The maximum absolute atomic E-state index is 11.6. The number of hydrogen-bond donors (Lipinski definition) is 0. The lowest BCUT2D eigenvalue weighted by molar-refractivity contribution is -0.151. The zero-order valence-electron chi connectivity index (χ0n) is 11.1. The molecule has 1 aromatic carbocycles. The zero-order chi connectivity index (χ0) is 13.0. The third-order valence-electron chi connectivity index (χ3n) is 3.53. The van der Waals surface area contributed by atoms with Crippen LogP contribution in [0.4, 0.5) is 0 Å². The second-order valence-electron chi connectivity index (χ2n) is 4.99. The Labute approximate surface area is 109 Å². The molecule has 1 heterocycles. The van der Waals surface area contributed by atoms with Crippen LogP contribution in [-0.2, 0) is 9.53 Å². The summed E-state index contributed by atoms with van der Waals surface area (Å²) in [4.78, 5) is 13.9. The maximum atomic E-state index is 11.6. The van der Waals surface area contributed by atoms with Gasteiger partial charge in [-0.1, -0.05) is 37.3 Å². The first kappa shape index (κ1) is 13.1. The van der Waals surface area contributed by atoms with E-state index in [1.54, 1.807) is 0 Å². The fourth-order valence-electron chi connectivity index (χ4n) is 2.52. The molecule has 0 spiro atoms. The van der Waals surface area contributed by atoms with Crippen LogP contribution in [0.3, 0.4) is 0 Å². The lowest BCUT2D eigenvalue weighted by Gasteiger charge is -2.24. The van der Waals surface area contributed by atoms with Crippen molar-refractivity contribution in [3.05, 3.63) is 35.9 Å². The van der Waals surface area contributed by atoms with Crippen LogP contribution in [0, 0.1) is 5.92 Å². The van der Waals surface area contributed by atoms with E-state index in [1.807, 2.05) is 37.3 Å². The lowest BCUT2D eigenvalue weighted by Crippen LogP contribution is -2.22. The van der Waals surface area contributed by atoms with Gasteiger partial charge in [-0.25, -0.2) is 0 Å². The highest BCUT2D eigenvalue weighted by Crippen LogP contribution is 2.32. The molecule has 1 aromatic rings. The molecule has 0 amide bonds. The van der Waals surface area contributed by atoms with E-state index in [0.717, 1.165) is 25.1 Å². The number of esters is 1. The van der Waals surface area contributed by atoms with Crippen LogP contribution in [0.25, 0.3) is 0 Å². The van der Waals surface area contributed by atoms with Gasteiger partial charge in [-0.15, -0.1) is 0 Å². The molecule has 0 aromatic heterocycles. The molecule has 3 nitrogen and oxygen atoms in total. The Morgan fingerprint density at radius 3 is 2.72 bits per heavy atom. The van der Waals surface area contributed by atoms with Gasteiger partial charge in [0.15, 0.2) is 0 Å². The third kappa shape index (κ3) is 3.10. The quantitative estimate of drug-likeness (QED) is 0.766. The number of carbonyl (C=O) groups excluding carboxylic acids is 1. The van der Waals surface area contributed by atoms with Crippen molar-refractivity contribution in [2.75, 3.05) is 20.1 Å². The molecule has 18 heavy (non-hydrogen) atoms. The first-order chi connectivity index (χ1) is 8.70. The summed E-state index contributed by atoms with van der Waals surface area (Å²) in [5, 5.41) is 0. The fraction of sp³-hybridized carbons (Fsp3) is 0.533. The minimum Gasteiger partial charge on any atom is -0.457 e. The van der Waals surface area contributed by atoms with E-state index in [1.165, 1.54) is 0 Å². The van der Waals surface area contributed by atoms with Gasteiger partial charge in [0.25, 0.3) is 0 Å². The Morgan fingerprint density at radius 1 is 1.44 bits per heavy atom. The maximum Gasteiger partial charge on any atom is 0.306 e. The first-order valence-electron chi connectivity index (χ1n) is 6.63. The average Bonchev–Trinajstić information content (AvgIpc) is 2.83. The monoisotopic (exact) mass is 247 g/mol. The first-order valence-corrected chi connectivity index (χ1v) is 6.63. The Kier molecular flexibility index (Phi) is 4.37. The van der Waals surface area contributed by atoms with Crippen molar-refractivity contribution >= 4 is 5.97 Å². The van der Waals surface area contributed by atoms with Gasteiger partial charge in [0.1, 0.15) is 6.10 Å². The highest BCUT2D eigenvalue weighted by Gasteiger charge is 2.31. The lowest BCUT2D eigenvalue weighted by atomic mass is 9.95. The van der Waals surface area contributed by atoms with E-state index in [2.05, 4.69) is 11.9 Å². The molecule has 0 unspecified atom stereocenters. The summed E-state index contributed by atoms with van der Waals surface area (Å²) < 4.78 is 5.65. The molecule has 2 atom stereocenters. The summed E-state index contributed by atoms with van der Waals surface area (Å²) in [7, 11) is 2.11. The van der Waals surface area contributed by atoms with Gasteiger partial charge in [0, 0.05) is 18.9 Å². The van der Waals surface area contributed by atoms with E-state index in [9.17, 15) is 4.79 Å². The van der Waals surface area contributed by atoms with Crippen molar-refractivity contribution in [3.8, 4) is 0 Å². The van der Waals surface area contributed by atoms with Crippen molar-refractivity contribution in [1.29, 1.82) is 0 Å². The summed E-state index contributed by atoms with van der Waals surface area (Å²) in [6.07, 6.45) is 1.43. The topological polar surface area (TPSA) is 29.5 Å². The van der Waals surface area contributed by atoms with Crippen molar-refractivity contribution in [1.82, 2.24) is 4.90 Å². The predicted octanol–water partition coefficient (Wildman–Crippen LogP) is 2.63. The highest BCUT2D eigenvalue weighted by molar-refractivity contribution is 5.69. The molecule has 1 fully saturated rings. The fourth-order valence-corrected chi connectivity index (χ4v) is 2.52. The molecular weight excluding hydrogens is 226 g/mol. The van der Waals surface area contributed by atoms with E-state index < -0.39 is 0 Å². The molecule has 3 heteroatoms. The molecule has 1 aliphatic heterocycles. The van der Waals surface area contributed by atoms with E-state index in [-0.39, 0.29) is 12.1 Å². The van der Waals surface area contributed by atoms with Gasteiger partial charge in [0.05, 0.1) is 0 Å². The smallest absolute Gasteiger partial charge is 0.306 e. The second-order valence-corrected chi connectivity index (χ2v) is 4.99. The minimum atomic E-state index is -0.113. The molecule has 2 rings (SSSR count). The molecule has 0 saturated carbocycles. The predicted molar refractivity (Wildman–Crippen MR) is 71.2 cm³/mol. The number of benzene rings is 1. The number of carbonyl (C=O) groups is 1. The minimum absolute atomic E-state index is 0.0939. The van der Waals surface area contributed by atoms with Crippen LogP contribution in [-0.4, -0.2) is 31.0 Å². The molecule has 0 aliphatic carbocycles. The van der Waals surface area contributed by atoms with Crippen molar-refractivity contribution in [3.63, 3.8) is 0 Å². The van der Waals surface area contributed by atoms with E-state index >= 15 is 0 Å². The third-order valence-corrected chi connectivity index (χ3v) is 3.53. The molecule has 1 saturated heterocycles. The Bertz CT molecular complexity index is 391. The van der Waals surface area contributed by atoms with E-state index in [0.29, 0.717) is 12.3 Å². The molecule has 0 radical (unpaired) electrons. The highest BCUT2D eigenvalue weighted by atomic mass is 16.5. The van der Waals surface area contributed by atoms with Crippen LogP contribution in [0.5, 0.6) is 0 Å². The number of nitrogens with zero attached hydrogens (tertiary/aromatic N) is 1. The van der Waals surface area contributed by atoms with Crippen LogP contribution in [0.2, 0.25) is 0 Å². The summed E-state index contributed by atoms with van der Waals surface area (Å²) in [5.74, 6) is 0.298. The van der Waals surface area contributed by atoms with Crippen LogP contribution in [0.1, 0.15) is 31.4 Å². The second kappa shape index (κ2) is 6.01. The number of hydrogen-bond acceptors (Lipinski definition) is 3. The van der Waals surface area contributed by atoms with E-state index in [4.69, 9.17) is 4.74 Å². The average molecular weight is 247 g/mol. The van der Waals surface area contributed by atoms with Crippen molar-refractivity contribution < 1.29 is 9.53 Å². The zero-order valence-corrected chi connectivity index (χ0v) is 11.1. The van der Waals surface area contributed by atoms with Crippen LogP contribution < -0.4 is 0 Å². The molecule has 0 bridgehead atoms. The van der Waals surface area contributed by atoms with Gasteiger partial charge in [-0.3, -0.25) is 4.79 Å². The summed E-state index contributed by atoms with van der Waals surface area (Å²) in [5.41, 5.74) is 1.11. The Balaban J connectivity index is 2.15. The van der Waals surface area contributed by atoms with Crippen molar-refractivity contribution in [2.24, 2.45) is 5.92 Å². The summed E-state index contributed by atoms with van der Waals surface area (Å²) in [6.45, 7) is 3.92. The van der Waals surface area contributed by atoms with Gasteiger partial charge >= 0.3 is 5.97 Å². The molecular formula is C15H21NO2. The Hall–Kier alpha value is -1.35. The SMILES string of the molecule is CCC(=O)O[C@H](c1ccccc1)[C@H]1CCN(C)C1. The van der Waals surface area contributed by atoms with Gasteiger partial charge in [0.2, 0.25) is 0 Å². The van der Waals surface area contributed by atoms with Crippen LogP contribution >= 0.6 is 0 Å². The molecule has 0 N–H and O–H groups in total. The molecule has 98 valence electrons. The summed E-state index contributed by atoms with van der Waals surface area (Å²) in [6, 6.07) is 10.1. The van der Waals surface area contributed by atoms with Crippen molar-refractivity contribution in [2.45, 2.75) is 25.9 Å². The normalized spacial score (nSPS) is 21.8. The number of likely N-dealkylation sites (tertiary alicyclic amines) is 1. The number of ether oxygens (including phenoxy) is 1. The molecule has 1 aliphatic rings. The van der Waals surface area contributed by atoms with Gasteiger partial charge in [-0.05, 0) is 25.6 Å². The largest absolute Gasteiger partial charge is 0.457 e.